The number of hydrogen-bond donors (Lipinski definition) is 1. The lowest BCUT2D eigenvalue weighted by Crippen LogP contribution is -2.31. The zero-order valence-corrected chi connectivity index (χ0v) is 14.0. The van der Waals surface area contributed by atoms with Crippen molar-refractivity contribution >= 4 is 33.3 Å². The van der Waals surface area contributed by atoms with Crippen molar-refractivity contribution in [1.82, 2.24) is 14.9 Å². The molecule has 1 N–H and O–H groups in total. The van der Waals surface area contributed by atoms with E-state index in [1.807, 2.05) is 7.05 Å². The molecule has 6 heteroatoms. The topological polar surface area (TPSA) is 44.3 Å². The standard InChI is InChI=1S/C15H23N5S/c1-5-11-8-12-13(17-15(16-2)18-14(12)21-11)20-7-6-10(9-20)19(3)4/h8,10H,5-7,9H2,1-4H3,(H,16,17,18). The van der Waals surface area contributed by atoms with Gasteiger partial charge in [-0.2, -0.15) is 4.98 Å². The molecule has 0 aromatic carbocycles. The fourth-order valence-electron chi connectivity index (χ4n) is 2.84. The van der Waals surface area contributed by atoms with Gasteiger partial charge in [0.15, 0.2) is 0 Å². The smallest absolute Gasteiger partial charge is 0.225 e. The van der Waals surface area contributed by atoms with Gasteiger partial charge in [-0.15, -0.1) is 11.3 Å². The van der Waals surface area contributed by atoms with Crippen LogP contribution in [0.15, 0.2) is 6.07 Å². The highest BCUT2D eigenvalue weighted by Crippen LogP contribution is 2.34. The number of thiophene rings is 1. The van der Waals surface area contributed by atoms with E-state index in [0.717, 1.165) is 36.1 Å². The summed E-state index contributed by atoms with van der Waals surface area (Å²) in [6, 6.07) is 2.87. The molecule has 0 bridgehead atoms. The molecule has 0 aliphatic carbocycles. The maximum Gasteiger partial charge on any atom is 0.225 e. The number of anilines is 2. The molecule has 1 aliphatic heterocycles. The van der Waals surface area contributed by atoms with E-state index in [1.54, 1.807) is 11.3 Å². The van der Waals surface area contributed by atoms with Gasteiger partial charge in [-0.3, -0.25) is 0 Å². The molecule has 114 valence electrons. The lowest BCUT2D eigenvalue weighted by Gasteiger charge is -2.21. The third-order valence-electron chi connectivity index (χ3n) is 4.19. The van der Waals surface area contributed by atoms with Crippen molar-refractivity contribution in [2.45, 2.75) is 25.8 Å². The van der Waals surface area contributed by atoms with E-state index < -0.39 is 0 Å². The summed E-state index contributed by atoms with van der Waals surface area (Å²) in [5, 5.41) is 4.30. The molecule has 5 nitrogen and oxygen atoms in total. The van der Waals surface area contributed by atoms with Crippen molar-refractivity contribution in [2.24, 2.45) is 0 Å². The summed E-state index contributed by atoms with van der Waals surface area (Å²) >= 11 is 1.78. The molecule has 21 heavy (non-hydrogen) atoms. The van der Waals surface area contributed by atoms with Gasteiger partial charge in [0, 0.05) is 31.1 Å². The van der Waals surface area contributed by atoms with Gasteiger partial charge in [0.2, 0.25) is 5.95 Å². The van der Waals surface area contributed by atoms with Gasteiger partial charge in [-0.1, -0.05) is 6.92 Å². The zero-order valence-electron chi connectivity index (χ0n) is 13.2. The Morgan fingerprint density at radius 1 is 1.43 bits per heavy atom. The fraction of sp³-hybridized carbons (Fsp3) is 0.600. The maximum absolute atomic E-state index is 4.73. The molecule has 0 amide bonds. The second-order valence-electron chi connectivity index (χ2n) is 5.76. The molecule has 3 rings (SSSR count). The highest BCUT2D eigenvalue weighted by molar-refractivity contribution is 7.18. The van der Waals surface area contributed by atoms with Crippen molar-refractivity contribution < 1.29 is 0 Å². The summed E-state index contributed by atoms with van der Waals surface area (Å²) in [7, 11) is 6.19. The van der Waals surface area contributed by atoms with Gasteiger partial charge in [-0.05, 0) is 33.0 Å². The van der Waals surface area contributed by atoms with Gasteiger partial charge < -0.3 is 15.1 Å². The molecule has 1 unspecified atom stereocenters. The van der Waals surface area contributed by atoms with Gasteiger partial charge >= 0.3 is 0 Å². The summed E-state index contributed by atoms with van der Waals surface area (Å²) < 4.78 is 0. The largest absolute Gasteiger partial charge is 0.357 e. The molecule has 0 spiro atoms. The van der Waals surface area contributed by atoms with Crippen molar-refractivity contribution in [2.75, 3.05) is 44.4 Å². The van der Waals surface area contributed by atoms with Crippen molar-refractivity contribution in [3.05, 3.63) is 10.9 Å². The summed E-state index contributed by atoms with van der Waals surface area (Å²) in [6.45, 7) is 4.30. The van der Waals surface area contributed by atoms with Crippen molar-refractivity contribution in [3.8, 4) is 0 Å². The number of rotatable bonds is 4. The number of likely N-dealkylation sites (N-methyl/N-ethyl adjacent to an activating group) is 1. The lowest BCUT2D eigenvalue weighted by atomic mass is 10.2. The molecule has 2 aromatic rings. The quantitative estimate of drug-likeness (QED) is 0.940. The lowest BCUT2D eigenvalue weighted by molar-refractivity contribution is 0.315. The number of nitrogens with one attached hydrogen (secondary N) is 1. The van der Waals surface area contributed by atoms with Crippen LogP contribution in [-0.2, 0) is 6.42 Å². The van der Waals surface area contributed by atoms with Gasteiger partial charge in [0.1, 0.15) is 10.6 Å². The molecule has 0 radical (unpaired) electrons. The molecule has 2 aromatic heterocycles. The van der Waals surface area contributed by atoms with Crippen molar-refractivity contribution in [3.63, 3.8) is 0 Å². The van der Waals surface area contributed by atoms with E-state index in [9.17, 15) is 0 Å². The monoisotopic (exact) mass is 305 g/mol. The van der Waals surface area contributed by atoms with Crippen molar-refractivity contribution in [1.29, 1.82) is 0 Å². The minimum Gasteiger partial charge on any atom is -0.357 e. The third-order valence-corrected chi connectivity index (χ3v) is 5.36. The minimum atomic E-state index is 0.609. The van der Waals surface area contributed by atoms with Crippen LogP contribution < -0.4 is 10.2 Å². The number of hydrogen-bond acceptors (Lipinski definition) is 6. The molecule has 1 fully saturated rings. The van der Waals surface area contributed by atoms with Crippen LogP contribution in [0.25, 0.3) is 10.2 Å². The van der Waals surface area contributed by atoms with Crippen LogP contribution in [0.1, 0.15) is 18.2 Å². The van der Waals surface area contributed by atoms with E-state index >= 15 is 0 Å². The van der Waals surface area contributed by atoms with Crippen LogP contribution >= 0.6 is 11.3 Å². The number of aromatic nitrogens is 2. The fourth-order valence-corrected chi connectivity index (χ4v) is 3.80. The van der Waals surface area contributed by atoms with E-state index in [2.05, 4.69) is 47.2 Å². The van der Waals surface area contributed by atoms with Crippen LogP contribution in [0.2, 0.25) is 0 Å². The summed E-state index contributed by atoms with van der Waals surface area (Å²) in [5.41, 5.74) is 0. The van der Waals surface area contributed by atoms with E-state index in [0.29, 0.717) is 6.04 Å². The average Bonchev–Trinajstić information content (AvgIpc) is 3.12. The first-order valence-electron chi connectivity index (χ1n) is 7.52. The Hall–Kier alpha value is -1.40. The second-order valence-corrected chi connectivity index (χ2v) is 6.87. The molecule has 0 saturated carbocycles. The third kappa shape index (κ3) is 2.70. The first kappa shape index (κ1) is 14.5. The maximum atomic E-state index is 4.73. The van der Waals surface area contributed by atoms with Gasteiger partial charge in [0.25, 0.3) is 0 Å². The predicted octanol–water partition coefficient (Wildman–Crippen LogP) is 2.44. The SMILES string of the molecule is CCc1cc2c(N3CCC(N(C)C)C3)nc(NC)nc2s1. The first-order chi connectivity index (χ1) is 10.1. The minimum absolute atomic E-state index is 0.609. The summed E-state index contributed by atoms with van der Waals surface area (Å²) in [4.78, 5) is 16.5. The predicted molar refractivity (Wildman–Crippen MR) is 90.6 cm³/mol. The number of nitrogens with zero attached hydrogens (tertiary/aromatic N) is 4. The highest BCUT2D eigenvalue weighted by atomic mass is 32.1. The summed E-state index contributed by atoms with van der Waals surface area (Å²) in [6.07, 6.45) is 2.24. The van der Waals surface area contributed by atoms with Crippen LogP contribution in [0.3, 0.4) is 0 Å². The van der Waals surface area contributed by atoms with Crippen LogP contribution in [0, 0.1) is 0 Å². The first-order valence-corrected chi connectivity index (χ1v) is 8.33. The van der Waals surface area contributed by atoms with Crippen LogP contribution in [-0.4, -0.2) is 55.1 Å². The Kier molecular flexibility index (Phi) is 3.99. The van der Waals surface area contributed by atoms with Gasteiger partial charge in [0.05, 0.1) is 5.39 Å². The zero-order chi connectivity index (χ0) is 15.0. The molecule has 1 aliphatic rings. The molecule has 3 heterocycles. The Labute approximate surface area is 130 Å². The summed E-state index contributed by atoms with van der Waals surface area (Å²) in [5.74, 6) is 1.81. The van der Waals surface area contributed by atoms with E-state index in [1.165, 1.54) is 16.7 Å². The second kappa shape index (κ2) is 5.77. The van der Waals surface area contributed by atoms with Crippen LogP contribution in [0.5, 0.6) is 0 Å². The number of aryl methyl sites for hydroxylation is 1. The highest BCUT2D eigenvalue weighted by Gasteiger charge is 2.27. The Bertz CT molecular complexity index is 636. The Morgan fingerprint density at radius 3 is 2.86 bits per heavy atom. The Morgan fingerprint density at radius 2 is 2.24 bits per heavy atom. The normalized spacial score (nSPS) is 18.9. The molecule has 1 saturated heterocycles. The Balaban J connectivity index is 2.02. The molecule has 1 atom stereocenters. The van der Waals surface area contributed by atoms with E-state index in [4.69, 9.17) is 4.98 Å². The van der Waals surface area contributed by atoms with E-state index in [-0.39, 0.29) is 0 Å². The number of fused-ring (bicyclic) bond motifs is 1. The van der Waals surface area contributed by atoms with Crippen LogP contribution in [0.4, 0.5) is 11.8 Å². The van der Waals surface area contributed by atoms with Gasteiger partial charge in [-0.25, -0.2) is 4.98 Å². The molecular weight excluding hydrogens is 282 g/mol. The molecular formula is C15H23N5S. The average molecular weight is 305 g/mol.